The van der Waals surface area contributed by atoms with E-state index in [-0.39, 0.29) is 0 Å². The number of benzene rings is 1. The van der Waals surface area contributed by atoms with Crippen LogP contribution in [0.4, 0.5) is 0 Å². The van der Waals surface area contributed by atoms with E-state index in [4.69, 9.17) is 0 Å². The topological polar surface area (TPSA) is 12.0 Å². The summed E-state index contributed by atoms with van der Waals surface area (Å²) in [6.45, 7) is 3.34. The zero-order valence-electron chi connectivity index (χ0n) is 8.18. The lowest BCUT2D eigenvalue weighted by molar-refractivity contribution is 0.542. The van der Waals surface area contributed by atoms with Gasteiger partial charge in [0.15, 0.2) is 0 Å². The molecule has 2 heteroatoms. The van der Waals surface area contributed by atoms with E-state index in [9.17, 15) is 0 Å². The molecule has 1 aromatic carbocycles. The fourth-order valence-corrected chi connectivity index (χ4v) is 1.93. The summed E-state index contributed by atoms with van der Waals surface area (Å²) in [4.78, 5) is 0. The highest BCUT2D eigenvalue weighted by atomic mass is 79.9. The standard InChI is InChI=1S/C11H16BrN/c1-9(8-13-2)6-10-4-3-5-11(12)7-10/h3-5,7,9,13H,6,8H2,1-2H3. The molecule has 1 atom stereocenters. The molecule has 0 fully saturated rings. The SMILES string of the molecule is CNCC(C)Cc1cccc(Br)c1. The predicted molar refractivity (Wildman–Crippen MR) is 60.9 cm³/mol. The second-order valence-corrected chi connectivity index (χ2v) is 4.41. The van der Waals surface area contributed by atoms with Gasteiger partial charge >= 0.3 is 0 Å². The summed E-state index contributed by atoms with van der Waals surface area (Å²) in [5.74, 6) is 0.694. The quantitative estimate of drug-likeness (QED) is 0.856. The average Bonchev–Trinajstić information content (AvgIpc) is 2.04. The van der Waals surface area contributed by atoms with Gasteiger partial charge in [0.25, 0.3) is 0 Å². The van der Waals surface area contributed by atoms with Gasteiger partial charge in [-0.2, -0.15) is 0 Å². The van der Waals surface area contributed by atoms with Gasteiger partial charge < -0.3 is 5.32 Å². The van der Waals surface area contributed by atoms with Gasteiger partial charge in [-0.15, -0.1) is 0 Å². The Morgan fingerprint density at radius 2 is 2.23 bits per heavy atom. The molecule has 0 amide bonds. The van der Waals surface area contributed by atoms with Gasteiger partial charge in [-0.25, -0.2) is 0 Å². The highest BCUT2D eigenvalue weighted by Crippen LogP contribution is 2.14. The van der Waals surface area contributed by atoms with Crippen LogP contribution in [0.25, 0.3) is 0 Å². The molecule has 0 radical (unpaired) electrons. The van der Waals surface area contributed by atoms with Crippen molar-refractivity contribution in [3.05, 3.63) is 34.3 Å². The fourth-order valence-electron chi connectivity index (χ4n) is 1.49. The van der Waals surface area contributed by atoms with Crippen molar-refractivity contribution in [2.75, 3.05) is 13.6 Å². The third-order valence-electron chi connectivity index (χ3n) is 2.03. The van der Waals surface area contributed by atoms with Crippen LogP contribution < -0.4 is 5.32 Å². The molecule has 0 aliphatic carbocycles. The molecule has 0 saturated heterocycles. The lowest BCUT2D eigenvalue weighted by Crippen LogP contribution is -2.17. The third kappa shape index (κ3) is 3.92. The Balaban J connectivity index is 2.53. The Morgan fingerprint density at radius 3 is 2.85 bits per heavy atom. The largest absolute Gasteiger partial charge is 0.319 e. The third-order valence-corrected chi connectivity index (χ3v) is 2.52. The van der Waals surface area contributed by atoms with Crippen LogP contribution >= 0.6 is 15.9 Å². The van der Waals surface area contributed by atoms with Crippen LogP contribution in [0.5, 0.6) is 0 Å². The predicted octanol–water partition coefficient (Wildman–Crippen LogP) is 2.85. The van der Waals surface area contributed by atoms with Crippen LogP contribution in [0.3, 0.4) is 0 Å². The molecule has 72 valence electrons. The molecule has 1 nitrogen and oxygen atoms in total. The minimum Gasteiger partial charge on any atom is -0.319 e. The molecule has 0 spiro atoms. The second kappa shape index (κ2) is 5.40. The molecular formula is C11H16BrN. The van der Waals surface area contributed by atoms with Crippen molar-refractivity contribution in [1.82, 2.24) is 5.32 Å². The monoisotopic (exact) mass is 241 g/mol. The van der Waals surface area contributed by atoms with Crippen molar-refractivity contribution in [2.45, 2.75) is 13.3 Å². The van der Waals surface area contributed by atoms with Gasteiger partial charge in [0.2, 0.25) is 0 Å². The summed E-state index contributed by atoms with van der Waals surface area (Å²) in [6, 6.07) is 8.51. The van der Waals surface area contributed by atoms with E-state index < -0.39 is 0 Å². The van der Waals surface area contributed by atoms with E-state index in [1.165, 1.54) is 10.0 Å². The van der Waals surface area contributed by atoms with Gasteiger partial charge in [-0.3, -0.25) is 0 Å². The lowest BCUT2D eigenvalue weighted by Gasteiger charge is -2.10. The number of hydrogen-bond acceptors (Lipinski definition) is 1. The molecule has 0 aliphatic rings. The van der Waals surface area contributed by atoms with Crippen molar-refractivity contribution in [1.29, 1.82) is 0 Å². The van der Waals surface area contributed by atoms with E-state index >= 15 is 0 Å². The average molecular weight is 242 g/mol. The van der Waals surface area contributed by atoms with E-state index in [2.05, 4.69) is 52.4 Å². The molecule has 13 heavy (non-hydrogen) atoms. The Labute approximate surface area is 88.7 Å². The van der Waals surface area contributed by atoms with E-state index in [1.54, 1.807) is 0 Å². The number of nitrogens with one attached hydrogen (secondary N) is 1. The van der Waals surface area contributed by atoms with E-state index in [0.717, 1.165) is 13.0 Å². The Morgan fingerprint density at radius 1 is 1.46 bits per heavy atom. The molecule has 0 aromatic heterocycles. The second-order valence-electron chi connectivity index (χ2n) is 3.50. The van der Waals surface area contributed by atoms with Gasteiger partial charge in [0.1, 0.15) is 0 Å². The summed E-state index contributed by atoms with van der Waals surface area (Å²) in [5, 5.41) is 3.19. The molecule has 0 heterocycles. The van der Waals surface area contributed by atoms with Crippen molar-refractivity contribution in [2.24, 2.45) is 5.92 Å². The van der Waals surface area contributed by atoms with Gasteiger partial charge in [0, 0.05) is 4.47 Å². The normalized spacial score (nSPS) is 12.8. The fraction of sp³-hybridized carbons (Fsp3) is 0.455. The van der Waals surface area contributed by atoms with Crippen molar-refractivity contribution >= 4 is 15.9 Å². The van der Waals surface area contributed by atoms with Crippen LogP contribution in [0, 0.1) is 5.92 Å². The molecular weight excluding hydrogens is 226 g/mol. The maximum absolute atomic E-state index is 3.48. The maximum Gasteiger partial charge on any atom is 0.0177 e. The molecule has 0 bridgehead atoms. The van der Waals surface area contributed by atoms with Crippen LogP contribution in [-0.2, 0) is 6.42 Å². The van der Waals surface area contributed by atoms with E-state index in [0.29, 0.717) is 5.92 Å². The Hall–Kier alpha value is -0.340. The first-order valence-electron chi connectivity index (χ1n) is 4.61. The van der Waals surface area contributed by atoms with Crippen LogP contribution in [0.15, 0.2) is 28.7 Å². The minimum atomic E-state index is 0.694. The summed E-state index contributed by atoms with van der Waals surface area (Å²) in [5.41, 5.74) is 1.40. The first-order chi connectivity index (χ1) is 6.22. The van der Waals surface area contributed by atoms with Crippen molar-refractivity contribution in [3.8, 4) is 0 Å². The van der Waals surface area contributed by atoms with Crippen LogP contribution in [0.2, 0.25) is 0 Å². The number of rotatable bonds is 4. The first-order valence-corrected chi connectivity index (χ1v) is 5.40. The molecule has 0 saturated carbocycles. The van der Waals surface area contributed by atoms with Gasteiger partial charge in [-0.05, 0) is 43.6 Å². The zero-order chi connectivity index (χ0) is 9.68. The molecule has 1 aromatic rings. The Bertz CT molecular complexity index is 260. The highest BCUT2D eigenvalue weighted by Gasteiger charge is 2.02. The highest BCUT2D eigenvalue weighted by molar-refractivity contribution is 9.10. The van der Waals surface area contributed by atoms with Crippen molar-refractivity contribution < 1.29 is 0 Å². The Kier molecular flexibility index (Phi) is 4.46. The van der Waals surface area contributed by atoms with E-state index in [1.807, 2.05) is 7.05 Å². The molecule has 0 aliphatic heterocycles. The number of hydrogen-bond donors (Lipinski definition) is 1. The summed E-state index contributed by atoms with van der Waals surface area (Å²) < 4.78 is 1.17. The van der Waals surface area contributed by atoms with Gasteiger partial charge in [0.05, 0.1) is 0 Å². The summed E-state index contributed by atoms with van der Waals surface area (Å²) >= 11 is 3.48. The minimum absolute atomic E-state index is 0.694. The van der Waals surface area contributed by atoms with Crippen LogP contribution in [0.1, 0.15) is 12.5 Å². The van der Waals surface area contributed by atoms with Crippen LogP contribution in [-0.4, -0.2) is 13.6 Å². The van der Waals surface area contributed by atoms with Gasteiger partial charge in [-0.1, -0.05) is 35.0 Å². The first kappa shape index (κ1) is 10.7. The summed E-state index contributed by atoms with van der Waals surface area (Å²) in [6.07, 6.45) is 1.14. The zero-order valence-corrected chi connectivity index (χ0v) is 9.76. The van der Waals surface area contributed by atoms with Crippen molar-refractivity contribution in [3.63, 3.8) is 0 Å². The summed E-state index contributed by atoms with van der Waals surface area (Å²) in [7, 11) is 2.00. The molecule has 1 unspecified atom stereocenters. The lowest BCUT2D eigenvalue weighted by atomic mass is 10.0. The molecule has 1 rings (SSSR count). The smallest absolute Gasteiger partial charge is 0.0177 e. The maximum atomic E-state index is 3.48. The molecule has 1 N–H and O–H groups in total. The number of halogens is 1.